The van der Waals surface area contributed by atoms with Crippen LogP contribution in [0.25, 0.3) is 0 Å². The van der Waals surface area contributed by atoms with E-state index in [-0.39, 0.29) is 11.9 Å². The molecular formula is C21H27NO4. The van der Waals surface area contributed by atoms with Gasteiger partial charge in [-0.3, -0.25) is 4.79 Å². The lowest BCUT2D eigenvalue weighted by atomic mass is 10.1. The van der Waals surface area contributed by atoms with Crippen molar-refractivity contribution in [3.63, 3.8) is 0 Å². The zero-order valence-corrected chi connectivity index (χ0v) is 16.3. The van der Waals surface area contributed by atoms with Gasteiger partial charge in [0.25, 0.3) is 5.91 Å². The maximum absolute atomic E-state index is 12.5. The number of rotatable bonds is 7. The molecule has 5 nitrogen and oxygen atoms in total. The molecule has 0 aliphatic rings. The molecule has 1 amide bonds. The Bertz CT molecular complexity index is 773. The highest BCUT2D eigenvalue weighted by Crippen LogP contribution is 2.29. The van der Waals surface area contributed by atoms with Crippen molar-refractivity contribution in [2.24, 2.45) is 0 Å². The van der Waals surface area contributed by atoms with Gasteiger partial charge in [0.05, 0.1) is 20.3 Å². The monoisotopic (exact) mass is 357 g/mol. The van der Waals surface area contributed by atoms with Crippen LogP contribution >= 0.6 is 0 Å². The summed E-state index contributed by atoms with van der Waals surface area (Å²) in [4.78, 5) is 12.5. The molecule has 0 fully saturated rings. The van der Waals surface area contributed by atoms with E-state index in [9.17, 15) is 4.79 Å². The number of ether oxygens (including phenoxy) is 3. The average molecular weight is 357 g/mol. The molecule has 0 saturated heterocycles. The summed E-state index contributed by atoms with van der Waals surface area (Å²) in [6, 6.07) is 11.1. The van der Waals surface area contributed by atoms with Crippen LogP contribution in [0, 0.1) is 13.8 Å². The van der Waals surface area contributed by atoms with Gasteiger partial charge in [0.1, 0.15) is 17.2 Å². The fraction of sp³-hybridized carbons (Fsp3) is 0.381. The number of benzene rings is 2. The molecule has 0 spiro atoms. The molecular weight excluding hydrogens is 330 g/mol. The Morgan fingerprint density at radius 2 is 1.62 bits per heavy atom. The van der Waals surface area contributed by atoms with Gasteiger partial charge >= 0.3 is 0 Å². The molecule has 0 heterocycles. The van der Waals surface area contributed by atoms with Crippen molar-refractivity contribution < 1.29 is 19.0 Å². The maximum atomic E-state index is 12.5. The van der Waals surface area contributed by atoms with E-state index in [4.69, 9.17) is 14.2 Å². The molecule has 0 saturated carbocycles. The number of methoxy groups -OCH3 is 2. The van der Waals surface area contributed by atoms with E-state index < -0.39 is 6.10 Å². The second-order valence-electron chi connectivity index (χ2n) is 6.34. The maximum Gasteiger partial charge on any atom is 0.261 e. The Kier molecular flexibility index (Phi) is 6.50. The Morgan fingerprint density at radius 1 is 0.923 bits per heavy atom. The van der Waals surface area contributed by atoms with Crippen LogP contribution in [0.5, 0.6) is 17.2 Å². The fourth-order valence-electron chi connectivity index (χ4n) is 2.63. The van der Waals surface area contributed by atoms with Gasteiger partial charge in [-0.25, -0.2) is 0 Å². The molecule has 2 aromatic rings. The lowest BCUT2D eigenvalue weighted by molar-refractivity contribution is -0.127. The number of carbonyl (C=O) groups excluding carboxylic acids is 1. The Morgan fingerprint density at radius 3 is 2.23 bits per heavy atom. The molecule has 2 aromatic carbocycles. The summed E-state index contributed by atoms with van der Waals surface area (Å²) in [7, 11) is 3.21. The highest BCUT2D eigenvalue weighted by molar-refractivity contribution is 5.81. The van der Waals surface area contributed by atoms with Crippen LogP contribution in [0.15, 0.2) is 36.4 Å². The van der Waals surface area contributed by atoms with Gasteiger partial charge in [-0.1, -0.05) is 6.07 Å². The molecule has 140 valence electrons. The molecule has 2 rings (SSSR count). The predicted octanol–water partition coefficient (Wildman–Crippen LogP) is 3.97. The summed E-state index contributed by atoms with van der Waals surface area (Å²) >= 11 is 0. The van der Waals surface area contributed by atoms with Crippen molar-refractivity contribution in [3.05, 3.63) is 53.1 Å². The van der Waals surface area contributed by atoms with Crippen LogP contribution in [-0.2, 0) is 4.79 Å². The quantitative estimate of drug-likeness (QED) is 0.815. The number of aryl methyl sites for hydroxylation is 2. The Labute approximate surface area is 155 Å². The number of hydrogen-bond donors (Lipinski definition) is 1. The standard InChI is InChI=1S/C21H27NO4/c1-13-7-8-18(11-14(13)2)26-16(4)21(23)22-15(3)19-12-17(24-5)9-10-20(19)25-6/h7-12,15-16H,1-6H3,(H,22,23)/t15-,16-/m0/s1. The molecule has 0 unspecified atom stereocenters. The Balaban J connectivity index is 2.07. The van der Waals surface area contributed by atoms with Gasteiger partial charge < -0.3 is 19.5 Å². The van der Waals surface area contributed by atoms with Crippen LogP contribution < -0.4 is 19.5 Å². The summed E-state index contributed by atoms with van der Waals surface area (Å²) in [5.41, 5.74) is 3.16. The minimum absolute atomic E-state index is 0.194. The summed E-state index contributed by atoms with van der Waals surface area (Å²) < 4.78 is 16.4. The van der Waals surface area contributed by atoms with E-state index in [0.717, 1.165) is 11.1 Å². The zero-order valence-electron chi connectivity index (χ0n) is 16.3. The van der Waals surface area contributed by atoms with E-state index in [1.54, 1.807) is 21.1 Å². The largest absolute Gasteiger partial charge is 0.497 e. The van der Waals surface area contributed by atoms with Crippen LogP contribution in [0.2, 0.25) is 0 Å². The molecule has 26 heavy (non-hydrogen) atoms. The highest BCUT2D eigenvalue weighted by Gasteiger charge is 2.20. The van der Waals surface area contributed by atoms with Crippen LogP contribution in [0.1, 0.15) is 36.6 Å². The molecule has 0 aliphatic carbocycles. The van der Waals surface area contributed by atoms with Crippen molar-refractivity contribution in [2.45, 2.75) is 39.8 Å². The minimum atomic E-state index is -0.615. The molecule has 1 N–H and O–H groups in total. The van der Waals surface area contributed by atoms with E-state index in [2.05, 4.69) is 5.32 Å². The second kappa shape index (κ2) is 8.61. The van der Waals surface area contributed by atoms with Crippen molar-refractivity contribution >= 4 is 5.91 Å². The Hall–Kier alpha value is -2.69. The summed E-state index contributed by atoms with van der Waals surface area (Å²) in [5, 5.41) is 2.97. The lowest BCUT2D eigenvalue weighted by Crippen LogP contribution is -2.37. The molecule has 0 bridgehead atoms. The van der Waals surface area contributed by atoms with Crippen LogP contribution in [-0.4, -0.2) is 26.2 Å². The third kappa shape index (κ3) is 4.69. The topological polar surface area (TPSA) is 56.8 Å². The molecule has 2 atom stereocenters. The zero-order chi connectivity index (χ0) is 19.3. The molecule has 0 aliphatic heterocycles. The highest BCUT2D eigenvalue weighted by atomic mass is 16.5. The predicted molar refractivity (Wildman–Crippen MR) is 102 cm³/mol. The smallest absolute Gasteiger partial charge is 0.261 e. The normalized spacial score (nSPS) is 12.8. The molecule has 0 radical (unpaired) electrons. The summed E-state index contributed by atoms with van der Waals surface area (Å²) in [6.45, 7) is 7.69. The van der Waals surface area contributed by atoms with E-state index in [1.807, 2.05) is 57.2 Å². The third-order valence-electron chi connectivity index (χ3n) is 4.42. The first-order valence-corrected chi connectivity index (χ1v) is 8.62. The van der Waals surface area contributed by atoms with Crippen molar-refractivity contribution in [3.8, 4) is 17.2 Å². The van der Waals surface area contributed by atoms with E-state index >= 15 is 0 Å². The molecule has 5 heteroatoms. The van der Waals surface area contributed by atoms with Crippen molar-refractivity contribution in [2.75, 3.05) is 14.2 Å². The van der Waals surface area contributed by atoms with Gasteiger partial charge in [-0.15, -0.1) is 0 Å². The number of amides is 1. The van der Waals surface area contributed by atoms with Gasteiger partial charge in [-0.2, -0.15) is 0 Å². The van der Waals surface area contributed by atoms with Crippen LogP contribution in [0.3, 0.4) is 0 Å². The summed E-state index contributed by atoms with van der Waals surface area (Å²) in [5.74, 6) is 1.89. The number of hydrogen-bond acceptors (Lipinski definition) is 4. The fourth-order valence-corrected chi connectivity index (χ4v) is 2.63. The number of nitrogens with one attached hydrogen (secondary N) is 1. The third-order valence-corrected chi connectivity index (χ3v) is 4.42. The van der Waals surface area contributed by atoms with Gasteiger partial charge in [0.2, 0.25) is 0 Å². The first kappa shape index (κ1) is 19.6. The summed E-state index contributed by atoms with van der Waals surface area (Å²) in [6.07, 6.45) is -0.615. The number of carbonyl (C=O) groups is 1. The van der Waals surface area contributed by atoms with E-state index in [0.29, 0.717) is 17.2 Å². The first-order valence-electron chi connectivity index (χ1n) is 8.62. The van der Waals surface area contributed by atoms with Gasteiger partial charge in [0, 0.05) is 5.56 Å². The average Bonchev–Trinajstić information content (AvgIpc) is 2.63. The second-order valence-corrected chi connectivity index (χ2v) is 6.34. The minimum Gasteiger partial charge on any atom is -0.497 e. The molecule has 0 aromatic heterocycles. The van der Waals surface area contributed by atoms with Crippen LogP contribution in [0.4, 0.5) is 0 Å². The van der Waals surface area contributed by atoms with Gasteiger partial charge in [0.15, 0.2) is 6.10 Å². The first-order chi connectivity index (χ1) is 12.3. The van der Waals surface area contributed by atoms with Gasteiger partial charge in [-0.05, 0) is 69.2 Å². The van der Waals surface area contributed by atoms with Crippen molar-refractivity contribution in [1.82, 2.24) is 5.32 Å². The van der Waals surface area contributed by atoms with Crippen molar-refractivity contribution in [1.29, 1.82) is 0 Å². The lowest BCUT2D eigenvalue weighted by Gasteiger charge is -2.21. The SMILES string of the molecule is COc1ccc(OC)c([C@H](C)NC(=O)[C@H](C)Oc2ccc(C)c(C)c2)c1. The van der Waals surface area contributed by atoms with E-state index in [1.165, 1.54) is 5.56 Å².